The molecule has 15 heavy (non-hydrogen) atoms. The molecular formula is C11H13NO3. The van der Waals surface area contributed by atoms with Crippen LogP contribution in [0.15, 0.2) is 18.2 Å². The number of hydrogen-bond donors (Lipinski definition) is 2. The molecule has 2 N–H and O–H groups in total. The van der Waals surface area contributed by atoms with E-state index in [0.717, 1.165) is 12.2 Å². The van der Waals surface area contributed by atoms with Gasteiger partial charge < -0.3 is 15.2 Å². The Bertz CT molecular complexity index is 389. The summed E-state index contributed by atoms with van der Waals surface area (Å²) in [6.07, 6.45) is 0. The van der Waals surface area contributed by atoms with E-state index in [4.69, 9.17) is 9.84 Å². The quantitative estimate of drug-likeness (QED) is 0.737. The summed E-state index contributed by atoms with van der Waals surface area (Å²) in [5.74, 6) is 0.114. The number of rotatable bonds is 1. The van der Waals surface area contributed by atoms with Crippen LogP contribution < -0.4 is 10.1 Å². The lowest BCUT2D eigenvalue weighted by Crippen LogP contribution is -2.13. The largest absolute Gasteiger partial charge is 0.491 e. The zero-order chi connectivity index (χ0) is 10.8. The van der Waals surface area contributed by atoms with Crippen LogP contribution in [0.3, 0.4) is 0 Å². The van der Waals surface area contributed by atoms with E-state index in [1.807, 2.05) is 0 Å². The lowest BCUT2D eigenvalue weighted by molar-refractivity contribution is 0.0696. The molecule has 0 bridgehead atoms. The number of carboxylic acid groups (broad SMARTS) is 1. The van der Waals surface area contributed by atoms with Gasteiger partial charge in [-0.3, -0.25) is 0 Å². The van der Waals surface area contributed by atoms with Crippen LogP contribution in [0.2, 0.25) is 0 Å². The maximum Gasteiger partial charge on any atom is 0.335 e. The summed E-state index contributed by atoms with van der Waals surface area (Å²) in [6, 6.07) is 4.88. The monoisotopic (exact) mass is 207 g/mol. The summed E-state index contributed by atoms with van der Waals surface area (Å²) in [6.45, 7) is 3.54. The molecule has 0 spiro atoms. The molecule has 1 aromatic carbocycles. The second kappa shape index (κ2) is 3.81. The highest BCUT2D eigenvalue weighted by atomic mass is 16.5. The number of benzene rings is 1. The number of aromatic carboxylic acids is 1. The Morgan fingerprint density at radius 2 is 2.40 bits per heavy atom. The Morgan fingerprint density at radius 3 is 3.13 bits per heavy atom. The molecule has 1 atom stereocenters. The van der Waals surface area contributed by atoms with Crippen molar-refractivity contribution in [1.82, 2.24) is 0 Å². The van der Waals surface area contributed by atoms with Crippen molar-refractivity contribution in [3.05, 3.63) is 23.8 Å². The Balaban J connectivity index is 2.32. The minimum Gasteiger partial charge on any atom is -0.491 e. The fourth-order valence-corrected chi connectivity index (χ4v) is 1.50. The fourth-order valence-electron chi connectivity index (χ4n) is 1.50. The first-order valence-corrected chi connectivity index (χ1v) is 4.91. The Kier molecular flexibility index (Phi) is 2.49. The third-order valence-electron chi connectivity index (χ3n) is 2.39. The molecule has 1 aliphatic rings. The van der Waals surface area contributed by atoms with Crippen LogP contribution in [-0.4, -0.2) is 24.2 Å². The molecular weight excluding hydrogens is 194 g/mol. The average molecular weight is 207 g/mol. The van der Waals surface area contributed by atoms with Crippen LogP contribution in [0.1, 0.15) is 17.3 Å². The molecule has 0 unspecified atom stereocenters. The summed E-state index contributed by atoms with van der Waals surface area (Å²) < 4.78 is 5.53. The van der Waals surface area contributed by atoms with Crippen molar-refractivity contribution in [1.29, 1.82) is 0 Å². The molecule has 0 amide bonds. The van der Waals surface area contributed by atoms with Crippen molar-refractivity contribution in [3.8, 4) is 5.75 Å². The van der Waals surface area contributed by atoms with Gasteiger partial charge >= 0.3 is 5.97 Å². The molecule has 0 radical (unpaired) electrons. The first kappa shape index (κ1) is 9.83. The molecule has 0 fully saturated rings. The van der Waals surface area contributed by atoms with Gasteiger partial charge in [-0.2, -0.15) is 0 Å². The summed E-state index contributed by atoms with van der Waals surface area (Å²) in [5.41, 5.74) is 1.12. The van der Waals surface area contributed by atoms with Crippen LogP contribution >= 0.6 is 0 Å². The summed E-state index contributed by atoms with van der Waals surface area (Å²) in [5, 5.41) is 12.1. The SMILES string of the molecule is C[C@H]1CNc2ccc(C(=O)O)cc2OC1. The van der Waals surface area contributed by atoms with Gasteiger partial charge in [0.25, 0.3) is 0 Å². The van der Waals surface area contributed by atoms with Crippen molar-refractivity contribution < 1.29 is 14.6 Å². The zero-order valence-electron chi connectivity index (χ0n) is 8.49. The van der Waals surface area contributed by atoms with Crippen molar-refractivity contribution in [2.75, 3.05) is 18.5 Å². The van der Waals surface area contributed by atoms with Gasteiger partial charge in [-0.05, 0) is 18.2 Å². The number of fused-ring (bicyclic) bond motifs is 1. The Hall–Kier alpha value is -1.71. The first-order chi connectivity index (χ1) is 7.16. The molecule has 0 aliphatic carbocycles. The molecule has 80 valence electrons. The molecule has 2 rings (SSSR count). The molecule has 1 aromatic rings. The normalized spacial score (nSPS) is 19.4. The van der Waals surface area contributed by atoms with Crippen molar-refractivity contribution in [3.63, 3.8) is 0 Å². The summed E-state index contributed by atoms with van der Waals surface area (Å²) in [7, 11) is 0. The Morgan fingerprint density at radius 1 is 1.60 bits per heavy atom. The lowest BCUT2D eigenvalue weighted by atomic mass is 10.2. The molecule has 1 heterocycles. The van der Waals surface area contributed by atoms with E-state index in [9.17, 15) is 4.79 Å². The predicted molar refractivity (Wildman–Crippen MR) is 56.6 cm³/mol. The van der Waals surface area contributed by atoms with Gasteiger partial charge in [0, 0.05) is 12.5 Å². The van der Waals surface area contributed by atoms with Crippen LogP contribution in [0, 0.1) is 5.92 Å². The van der Waals surface area contributed by atoms with Crippen LogP contribution in [-0.2, 0) is 0 Å². The Labute approximate surface area is 87.9 Å². The topological polar surface area (TPSA) is 58.6 Å². The van der Waals surface area contributed by atoms with Gasteiger partial charge in [0.15, 0.2) is 0 Å². The molecule has 4 heteroatoms. The maximum absolute atomic E-state index is 10.8. The highest BCUT2D eigenvalue weighted by Gasteiger charge is 2.14. The number of carboxylic acids is 1. The minimum atomic E-state index is -0.932. The van der Waals surface area contributed by atoms with Crippen LogP contribution in [0.5, 0.6) is 5.75 Å². The van der Waals surface area contributed by atoms with Crippen molar-refractivity contribution in [2.45, 2.75) is 6.92 Å². The van der Waals surface area contributed by atoms with Gasteiger partial charge in [-0.1, -0.05) is 6.92 Å². The predicted octanol–water partition coefficient (Wildman–Crippen LogP) is 1.83. The van der Waals surface area contributed by atoms with E-state index in [1.165, 1.54) is 0 Å². The second-order valence-electron chi connectivity index (χ2n) is 3.81. The lowest BCUT2D eigenvalue weighted by Gasteiger charge is -2.07. The zero-order valence-corrected chi connectivity index (χ0v) is 8.49. The second-order valence-corrected chi connectivity index (χ2v) is 3.81. The van der Waals surface area contributed by atoms with E-state index in [2.05, 4.69) is 12.2 Å². The minimum absolute atomic E-state index is 0.255. The molecule has 0 saturated heterocycles. The summed E-state index contributed by atoms with van der Waals surface area (Å²) >= 11 is 0. The molecule has 0 aromatic heterocycles. The van der Waals surface area contributed by atoms with Gasteiger partial charge in [0.1, 0.15) is 5.75 Å². The number of hydrogen-bond acceptors (Lipinski definition) is 3. The number of anilines is 1. The van der Waals surface area contributed by atoms with E-state index < -0.39 is 5.97 Å². The maximum atomic E-state index is 10.8. The van der Waals surface area contributed by atoms with Crippen molar-refractivity contribution in [2.24, 2.45) is 5.92 Å². The first-order valence-electron chi connectivity index (χ1n) is 4.91. The van der Waals surface area contributed by atoms with E-state index in [0.29, 0.717) is 18.3 Å². The number of ether oxygens (including phenoxy) is 1. The van der Waals surface area contributed by atoms with Crippen molar-refractivity contribution >= 4 is 11.7 Å². The third-order valence-corrected chi connectivity index (χ3v) is 2.39. The molecule has 4 nitrogen and oxygen atoms in total. The van der Waals surface area contributed by atoms with E-state index in [1.54, 1.807) is 18.2 Å². The van der Waals surface area contributed by atoms with Crippen LogP contribution in [0.4, 0.5) is 5.69 Å². The van der Waals surface area contributed by atoms with Gasteiger partial charge in [-0.15, -0.1) is 0 Å². The van der Waals surface area contributed by atoms with Gasteiger partial charge in [0.2, 0.25) is 0 Å². The molecule has 0 saturated carbocycles. The van der Waals surface area contributed by atoms with E-state index in [-0.39, 0.29) is 5.56 Å². The standard InChI is InChI=1S/C11H13NO3/c1-7-5-12-9-3-2-8(11(13)14)4-10(9)15-6-7/h2-4,7,12H,5-6H2,1H3,(H,13,14)/t7-/m0/s1. The van der Waals surface area contributed by atoms with E-state index >= 15 is 0 Å². The van der Waals surface area contributed by atoms with Gasteiger partial charge in [-0.25, -0.2) is 4.79 Å². The number of nitrogens with one attached hydrogen (secondary N) is 1. The smallest absolute Gasteiger partial charge is 0.335 e. The van der Waals surface area contributed by atoms with Gasteiger partial charge in [0.05, 0.1) is 17.9 Å². The molecule has 1 aliphatic heterocycles. The average Bonchev–Trinajstić information content (AvgIpc) is 2.40. The highest BCUT2D eigenvalue weighted by molar-refractivity contribution is 5.89. The third kappa shape index (κ3) is 2.03. The summed E-state index contributed by atoms with van der Waals surface area (Å²) in [4.78, 5) is 10.8. The number of carbonyl (C=O) groups is 1. The fraction of sp³-hybridized carbons (Fsp3) is 0.364. The highest BCUT2D eigenvalue weighted by Crippen LogP contribution is 2.28. The van der Waals surface area contributed by atoms with Crippen LogP contribution in [0.25, 0.3) is 0 Å².